The van der Waals surface area contributed by atoms with E-state index in [0.29, 0.717) is 25.1 Å². The van der Waals surface area contributed by atoms with Crippen LogP contribution in [0.2, 0.25) is 0 Å². The molecule has 3 heterocycles. The molecular formula is C28H31F2N5O4. The highest BCUT2D eigenvalue weighted by molar-refractivity contribution is 5.87. The molecule has 3 N–H and O–H groups in total. The van der Waals surface area contributed by atoms with Crippen LogP contribution in [-0.2, 0) is 4.79 Å². The van der Waals surface area contributed by atoms with E-state index >= 15 is 0 Å². The van der Waals surface area contributed by atoms with E-state index in [-0.39, 0.29) is 24.6 Å². The van der Waals surface area contributed by atoms with Crippen LogP contribution in [0.1, 0.15) is 41.6 Å². The molecule has 1 spiro atoms. The number of rotatable bonds is 6. The van der Waals surface area contributed by atoms with E-state index in [1.54, 1.807) is 13.4 Å². The van der Waals surface area contributed by atoms with Gasteiger partial charge in [-0.25, -0.2) is 18.6 Å². The van der Waals surface area contributed by atoms with E-state index in [1.807, 2.05) is 35.9 Å². The number of amides is 3. The van der Waals surface area contributed by atoms with Gasteiger partial charge in [-0.1, -0.05) is 6.07 Å². The first-order valence-corrected chi connectivity index (χ1v) is 12.8. The Balaban J connectivity index is 1.55. The third-order valence-electron chi connectivity index (χ3n) is 7.98. The number of hydrogen-bond acceptors (Lipinski definition) is 5. The van der Waals surface area contributed by atoms with Crippen LogP contribution < -0.4 is 10.5 Å². The second-order valence-corrected chi connectivity index (χ2v) is 10.3. The van der Waals surface area contributed by atoms with Gasteiger partial charge in [-0.05, 0) is 55.2 Å². The van der Waals surface area contributed by atoms with Gasteiger partial charge in [0, 0.05) is 37.8 Å². The summed E-state index contributed by atoms with van der Waals surface area (Å²) in [6.07, 6.45) is 4.62. The van der Waals surface area contributed by atoms with Crippen LogP contribution in [0.4, 0.5) is 13.6 Å². The number of urea groups is 1. The minimum absolute atomic E-state index is 0.1000. The smallest absolute Gasteiger partial charge is 0.314 e. The third kappa shape index (κ3) is 4.71. The topological polar surface area (TPSA) is 114 Å². The van der Waals surface area contributed by atoms with Crippen molar-refractivity contribution < 1.29 is 28.2 Å². The molecule has 2 unspecified atom stereocenters. The SMILES string of the molecule is COc1cc(C2CN(C(N)=O)CC23CCCN([C@@H](CO)c2cc(F)cc(F)c2)C3=O)ccc1-n1cnc(C)c1. The number of aryl methyl sites for hydroxylation is 1. The molecule has 3 amide bonds. The van der Waals surface area contributed by atoms with Crippen molar-refractivity contribution in [2.45, 2.75) is 31.7 Å². The van der Waals surface area contributed by atoms with Gasteiger partial charge in [-0.3, -0.25) is 4.79 Å². The van der Waals surface area contributed by atoms with E-state index < -0.39 is 41.6 Å². The number of nitrogens with zero attached hydrogens (tertiary/aromatic N) is 4. The predicted molar refractivity (Wildman–Crippen MR) is 138 cm³/mol. The fourth-order valence-corrected chi connectivity index (χ4v) is 6.16. The molecule has 0 radical (unpaired) electrons. The Morgan fingerprint density at radius 1 is 1.26 bits per heavy atom. The summed E-state index contributed by atoms with van der Waals surface area (Å²) in [7, 11) is 1.56. The summed E-state index contributed by atoms with van der Waals surface area (Å²) in [5, 5.41) is 10.2. The number of benzene rings is 2. The number of piperidine rings is 1. The van der Waals surface area contributed by atoms with Gasteiger partial charge in [0.1, 0.15) is 17.4 Å². The first-order chi connectivity index (χ1) is 18.7. The molecule has 1 aromatic heterocycles. The van der Waals surface area contributed by atoms with Crippen LogP contribution in [0.25, 0.3) is 5.69 Å². The van der Waals surface area contributed by atoms with E-state index in [2.05, 4.69) is 4.98 Å². The standard InChI is InChI=1S/C28H31F2N5O4/c1-17-12-34(16-32-17)23-5-4-18(10-25(23)39-2)22-13-33(27(31)38)15-28(22)6-3-7-35(26(28)37)24(14-36)19-8-20(29)11-21(30)9-19/h4-5,8-12,16,22,24,36H,3,6-7,13-15H2,1-2H3,(H2,31,38)/t22?,24-,28?/m0/s1. The summed E-state index contributed by atoms with van der Waals surface area (Å²) in [5.41, 5.74) is 7.22. The van der Waals surface area contributed by atoms with Crippen LogP contribution in [0.5, 0.6) is 5.75 Å². The summed E-state index contributed by atoms with van der Waals surface area (Å²) >= 11 is 0. The van der Waals surface area contributed by atoms with Gasteiger partial charge in [0.2, 0.25) is 5.91 Å². The van der Waals surface area contributed by atoms with Gasteiger partial charge in [-0.15, -0.1) is 0 Å². The molecule has 2 fully saturated rings. The van der Waals surface area contributed by atoms with Gasteiger partial charge in [0.05, 0.1) is 42.9 Å². The lowest BCUT2D eigenvalue weighted by atomic mass is 9.68. The summed E-state index contributed by atoms with van der Waals surface area (Å²) in [6, 6.07) is 7.07. The Kier molecular flexibility index (Phi) is 7.02. The van der Waals surface area contributed by atoms with Crippen LogP contribution >= 0.6 is 0 Å². The highest BCUT2D eigenvalue weighted by atomic mass is 19.1. The van der Waals surface area contributed by atoms with Crippen molar-refractivity contribution >= 4 is 11.9 Å². The Morgan fingerprint density at radius 3 is 2.62 bits per heavy atom. The molecule has 2 saturated heterocycles. The first kappa shape index (κ1) is 26.6. The highest BCUT2D eigenvalue weighted by Gasteiger charge is 2.57. The molecule has 0 bridgehead atoms. The molecule has 0 saturated carbocycles. The number of nitrogens with two attached hydrogens (primary N) is 1. The lowest BCUT2D eigenvalue weighted by molar-refractivity contribution is -0.150. The minimum Gasteiger partial charge on any atom is -0.495 e. The molecule has 3 aromatic rings. The number of primary amides is 1. The molecule has 2 aromatic carbocycles. The molecular weight excluding hydrogens is 508 g/mol. The Hall–Kier alpha value is -3.99. The second-order valence-electron chi connectivity index (χ2n) is 10.3. The Labute approximate surface area is 224 Å². The second kappa shape index (κ2) is 10.3. The zero-order chi connectivity index (χ0) is 27.9. The van der Waals surface area contributed by atoms with E-state index in [0.717, 1.165) is 35.1 Å². The van der Waals surface area contributed by atoms with E-state index in [4.69, 9.17) is 10.5 Å². The Morgan fingerprint density at radius 2 is 2.00 bits per heavy atom. The lowest BCUT2D eigenvalue weighted by Gasteiger charge is -2.45. The predicted octanol–water partition coefficient (Wildman–Crippen LogP) is 3.29. The quantitative estimate of drug-likeness (QED) is 0.499. The van der Waals surface area contributed by atoms with Gasteiger partial charge < -0.3 is 29.9 Å². The summed E-state index contributed by atoms with van der Waals surface area (Å²) in [6.45, 7) is 2.00. The zero-order valence-electron chi connectivity index (χ0n) is 21.8. The molecule has 39 heavy (non-hydrogen) atoms. The molecule has 0 aliphatic carbocycles. The normalized spacial score (nSPS) is 22.0. The molecule has 11 heteroatoms. The maximum atomic E-state index is 14.3. The van der Waals surface area contributed by atoms with Crippen molar-refractivity contribution in [3.63, 3.8) is 0 Å². The van der Waals surface area contributed by atoms with Crippen molar-refractivity contribution in [3.05, 3.63) is 77.4 Å². The monoisotopic (exact) mass is 539 g/mol. The number of hydrogen-bond donors (Lipinski definition) is 2. The fourth-order valence-electron chi connectivity index (χ4n) is 6.16. The van der Waals surface area contributed by atoms with Gasteiger partial charge >= 0.3 is 6.03 Å². The van der Waals surface area contributed by atoms with Gasteiger partial charge in [-0.2, -0.15) is 0 Å². The number of ether oxygens (including phenoxy) is 1. The molecule has 5 rings (SSSR count). The summed E-state index contributed by atoms with van der Waals surface area (Å²) in [5.74, 6) is -1.72. The molecule has 2 aliphatic heterocycles. The van der Waals surface area contributed by atoms with Crippen LogP contribution in [0.15, 0.2) is 48.9 Å². The molecule has 206 valence electrons. The van der Waals surface area contributed by atoms with Crippen molar-refractivity contribution in [3.8, 4) is 11.4 Å². The number of carbonyl (C=O) groups is 2. The zero-order valence-corrected chi connectivity index (χ0v) is 21.8. The number of aromatic nitrogens is 2. The average Bonchev–Trinajstić information content (AvgIpc) is 3.51. The average molecular weight is 540 g/mol. The van der Waals surface area contributed by atoms with Crippen LogP contribution in [0, 0.1) is 24.0 Å². The number of carbonyl (C=O) groups excluding carboxylic acids is 2. The number of halogens is 2. The number of imidazole rings is 1. The molecule has 3 atom stereocenters. The van der Waals surface area contributed by atoms with Crippen LogP contribution in [0.3, 0.4) is 0 Å². The third-order valence-corrected chi connectivity index (χ3v) is 7.98. The molecule has 9 nitrogen and oxygen atoms in total. The Bertz CT molecular complexity index is 1390. The van der Waals surface area contributed by atoms with Crippen molar-refractivity contribution in [1.82, 2.24) is 19.4 Å². The number of methoxy groups -OCH3 is 1. The van der Waals surface area contributed by atoms with E-state index in [9.17, 15) is 23.5 Å². The van der Waals surface area contributed by atoms with Crippen molar-refractivity contribution in [1.29, 1.82) is 0 Å². The number of aliphatic hydroxyl groups is 1. The minimum atomic E-state index is -1.04. The summed E-state index contributed by atoms with van der Waals surface area (Å²) < 4.78 is 35.6. The first-order valence-electron chi connectivity index (χ1n) is 12.8. The van der Waals surface area contributed by atoms with Gasteiger partial charge in [0.15, 0.2) is 0 Å². The van der Waals surface area contributed by atoms with E-state index in [1.165, 1.54) is 9.80 Å². The van der Waals surface area contributed by atoms with Crippen molar-refractivity contribution in [2.75, 3.05) is 33.4 Å². The maximum absolute atomic E-state index is 14.3. The number of aliphatic hydroxyl groups excluding tert-OH is 1. The largest absolute Gasteiger partial charge is 0.495 e. The van der Waals surface area contributed by atoms with Gasteiger partial charge in [0.25, 0.3) is 0 Å². The highest BCUT2D eigenvalue weighted by Crippen LogP contribution is 2.51. The maximum Gasteiger partial charge on any atom is 0.314 e. The lowest BCUT2D eigenvalue weighted by Crippen LogP contribution is -2.54. The van der Waals surface area contributed by atoms with Crippen LogP contribution in [-0.4, -0.2) is 69.7 Å². The number of likely N-dealkylation sites (tertiary alicyclic amines) is 2. The molecule has 2 aliphatic rings. The summed E-state index contributed by atoms with van der Waals surface area (Å²) in [4.78, 5) is 33.8. The van der Waals surface area contributed by atoms with Crippen molar-refractivity contribution in [2.24, 2.45) is 11.1 Å². The fraction of sp³-hybridized carbons (Fsp3) is 0.393.